The molecule has 0 spiro atoms. The van der Waals surface area contributed by atoms with Crippen molar-refractivity contribution in [2.75, 3.05) is 20.5 Å². The first kappa shape index (κ1) is 12.9. The lowest BCUT2D eigenvalue weighted by molar-refractivity contribution is 0.0540. The molecule has 0 bridgehead atoms. The van der Waals surface area contributed by atoms with E-state index in [0.29, 0.717) is 12.5 Å². The monoisotopic (exact) mass is 312 g/mol. The molecule has 0 aliphatic carbocycles. The van der Waals surface area contributed by atoms with E-state index in [4.69, 9.17) is 23.7 Å². The van der Waals surface area contributed by atoms with Gasteiger partial charge in [-0.1, -0.05) is 0 Å². The van der Waals surface area contributed by atoms with E-state index in [0.717, 1.165) is 46.3 Å². The van der Waals surface area contributed by atoms with Gasteiger partial charge in [0.15, 0.2) is 11.5 Å². The molecule has 2 aromatic carbocycles. The number of rotatable bonds is 1. The smallest absolute Gasteiger partial charge is 0.231 e. The number of fused-ring (bicyclic) bond motifs is 5. The predicted molar refractivity (Wildman–Crippen MR) is 81.6 cm³/mol. The van der Waals surface area contributed by atoms with Crippen molar-refractivity contribution in [1.82, 2.24) is 0 Å². The van der Waals surface area contributed by atoms with Crippen molar-refractivity contribution in [3.05, 3.63) is 41.5 Å². The topological polar surface area (TPSA) is 46.2 Å². The van der Waals surface area contributed by atoms with Gasteiger partial charge in [0.1, 0.15) is 23.4 Å². The van der Waals surface area contributed by atoms with Crippen LogP contribution in [0.3, 0.4) is 0 Å². The second kappa shape index (κ2) is 4.72. The minimum absolute atomic E-state index is 0.00229. The van der Waals surface area contributed by atoms with Gasteiger partial charge in [-0.05, 0) is 30.2 Å². The van der Waals surface area contributed by atoms with Crippen molar-refractivity contribution in [2.24, 2.45) is 5.92 Å². The average Bonchev–Trinajstić information content (AvgIpc) is 3.04. The number of methoxy groups -OCH3 is 1. The summed E-state index contributed by atoms with van der Waals surface area (Å²) in [6.45, 7) is 0.912. The van der Waals surface area contributed by atoms with Crippen molar-refractivity contribution >= 4 is 0 Å². The van der Waals surface area contributed by atoms with Crippen LogP contribution >= 0.6 is 0 Å². The fraction of sp³-hybridized carbons (Fsp3) is 0.333. The fourth-order valence-electron chi connectivity index (χ4n) is 3.52. The summed E-state index contributed by atoms with van der Waals surface area (Å²) in [4.78, 5) is 0. The third-order valence-corrected chi connectivity index (χ3v) is 4.70. The molecule has 2 aromatic rings. The van der Waals surface area contributed by atoms with Crippen molar-refractivity contribution in [2.45, 2.75) is 12.5 Å². The second-order valence-corrected chi connectivity index (χ2v) is 6.03. The molecule has 3 aliphatic rings. The van der Waals surface area contributed by atoms with Crippen LogP contribution in [0.4, 0.5) is 0 Å². The molecule has 5 nitrogen and oxygen atoms in total. The van der Waals surface area contributed by atoms with Crippen LogP contribution in [0.5, 0.6) is 28.7 Å². The zero-order valence-electron chi connectivity index (χ0n) is 12.7. The van der Waals surface area contributed by atoms with E-state index in [1.165, 1.54) is 0 Å². The van der Waals surface area contributed by atoms with E-state index in [9.17, 15) is 0 Å². The Morgan fingerprint density at radius 3 is 2.70 bits per heavy atom. The second-order valence-electron chi connectivity index (χ2n) is 6.03. The van der Waals surface area contributed by atoms with Crippen LogP contribution in [-0.2, 0) is 6.42 Å². The number of benzene rings is 2. The van der Waals surface area contributed by atoms with Gasteiger partial charge in [0.05, 0.1) is 13.7 Å². The molecule has 0 radical (unpaired) electrons. The van der Waals surface area contributed by atoms with Crippen LogP contribution in [0.2, 0.25) is 0 Å². The lowest BCUT2D eigenvalue weighted by Gasteiger charge is -2.38. The maximum atomic E-state index is 6.30. The Morgan fingerprint density at radius 1 is 0.957 bits per heavy atom. The van der Waals surface area contributed by atoms with Crippen LogP contribution in [-0.4, -0.2) is 20.5 Å². The standard InChI is InChI=1S/C18H16O5/c1-19-12-2-3-13-15(6-12)20-8-11-4-10-5-16-17(22-9-21-16)7-14(10)23-18(11)13/h2-3,5-7,11,18H,4,8-9H2,1H3. The molecule has 0 amide bonds. The third kappa shape index (κ3) is 1.92. The molecule has 5 rings (SSSR count). The van der Waals surface area contributed by atoms with Gasteiger partial charge in [-0.25, -0.2) is 0 Å². The minimum Gasteiger partial charge on any atom is -0.497 e. The van der Waals surface area contributed by atoms with E-state index >= 15 is 0 Å². The predicted octanol–water partition coefficient (Wildman–Crippen LogP) is 3.11. The summed E-state index contributed by atoms with van der Waals surface area (Å²) in [5, 5.41) is 0. The van der Waals surface area contributed by atoms with Crippen molar-refractivity contribution < 1.29 is 23.7 Å². The first-order valence-corrected chi connectivity index (χ1v) is 7.72. The quantitative estimate of drug-likeness (QED) is 0.809. The van der Waals surface area contributed by atoms with E-state index in [-0.39, 0.29) is 12.9 Å². The Hall–Kier alpha value is -2.56. The van der Waals surface area contributed by atoms with Crippen LogP contribution in [0.15, 0.2) is 30.3 Å². The van der Waals surface area contributed by atoms with E-state index in [2.05, 4.69) is 0 Å². The number of hydrogen-bond donors (Lipinski definition) is 0. The van der Waals surface area contributed by atoms with Gasteiger partial charge in [-0.3, -0.25) is 0 Å². The SMILES string of the molecule is COc1ccc2c(c1)OCC1Cc3cc4c(cc3OC21)OCO4. The van der Waals surface area contributed by atoms with Crippen LogP contribution in [0.25, 0.3) is 0 Å². The summed E-state index contributed by atoms with van der Waals surface area (Å²) in [7, 11) is 1.66. The zero-order chi connectivity index (χ0) is 15.4. The largest absolute Gasteiger partial charge is 0.497 e. The van der Waals surface area contributed by atoms with E-state index < -0.39 is 0 Å². The third-order valence-electron chi connectivity index (χ3n) is 4.70. The summed E-state index contributed by atoms with van der Waals surface area (Å²) in [5.41, 5.74) is 2.22. The molecule has 3 aliphatic heterocycles. The molecule has 5 heteroatoms. The summed E-state index contributed by atoms with van der Waals surface area (Å²) in [6, 6.07) is 9.86. The minimum atomic E-state index is -0.00229. The molecular weight excluding hydrogens is 296 g/mol. The molecule has 23 heavy (non-hydrogen) atoms. The summed E-state index contributed by atoms with van der Waals surface area (Å²) in [6.07, 6.45) is 0.903. The average molecular weight is 312 g/mol. The van der Waals surface area contributed by atoms with E-state index in [1.807, 2.05) is 30.3 Å². The summed E-state index contributed by atoms with van der Waals surface area (Å²) < 4.78 is 28.4. The Morgan fingerprint density at radius 2 is 1.83 bits per heavy atom. The molecule has 2 unspecified atom stereocenters. The normalized spacial score (nSPS) is 23.0. The Balaban J connectivity index is 1.54. The fourth-order valence-corrected chi connectivity index (χ4v) is 3.52. The first-order chi connectivity index (χ1) is 11.3. The highest BCUT2D eigenvalue weighted by Crippen LogP contribution is 2.48. The highest BCUT2D eigenvalue weighted by Gasteiger charge is 2.38. The van der Waals surface area contributed by atoms with Gasteiger partial charge >= 0.3 is 0 Å². The van der Waals surface area contributed by atoms with Gasteiger partial charge in [0.2, 0.25) is 6.79 Å². The zero-order valence-corrected chi connectivity index (χ0v) is 12.7. The van der Waals surface area contributed by atoms with Crippen molar-refractivity contribution in [3.63, 3.8) is 0 Å². The summed E-state index contributed by atoms with van der Waals surface area (Å²) >= 11 is 0. The molecular formula is C18H16O5. The van der Waals surface area contributed by atoms with E-state index in [1.54, 1.807) is 7.11 Å². The molecule has 118 valence electrons. The molecule has 0 N–H and O–H groups in total. The maximum Gasteiger partial charge on any atom is 0.231 e. The van der Waals surface area contributed by atoms with Crippen LogP contribution in [0.1, 0.15) is 17.2 Å². The number of hydrogen-bond acceptors (Lipinski definition) is 5. The first-order valence-electron chi connectivity index (χ1n) is 7.72. The molecule has 2 atom stereocenters. The van der Waals surface area contributed by atoms with Gasteiger partial charge in [0, 0.05) is 23.6 Å². The lowest BCUT2D eigenvalue weighted by atomic mass is 9.85. The van der Waals surface area contributed by atoms with Gasteiger partial charge in [-0.2, -0.15) is 0 Å². The maximum absolute atomic E-state index is 6.30. The van der Waals surface area contributed by atoms with Gasteiger partial charge in [0.25, 0.3) is 0 Å². The molecule has 0 aromatic heterocycles. The number of ether oxygens (including phenoxy) is 5. The van der Waals surface area contributed by atoms with Gasteiger partial charge in [-0.15, -0.1) is 0 Å². The summed E-state index contributed by atoms with van der Waals surface area (Å²) in [5.74, 6) is 4.36. The molecule has 3 heterocycles. The highest BCUT2D eigenvalue weighted by molar-refractivity contribution is 5.54. The van der Waals surface area contributed by atoms with Crippen molar-refractivity contribution in [1.29, 1.82) is 0 Å². The Kier molecular flexibility index (Phi) is 2.65. The highest BCUT2D eigenvalue weighted by atomic mass is 16.7. The van der Waals surface area contributed by atoms with Gasteiger partial charge < -0.3 is 23.7 Å². The van der Waals surface area contributed by atoms with Crippen molar-refractivity contribution in [3.8, 4) is 28.7 Å². The van der Waals surface area contributed by atoms with Crippen LogP contribution in [0, 0.1) is 5.92 Å². The van der Waals surface area contributed by atoms with Crippen LogP contribution < -0.4 is 23.7 Å². The molecule has 0 fully saturated rings. The molecule has 0 saturated heterocycles. The Bertz CT molecular complexity index is 785. The Labute approximate surface area is 133 Å². The lowest BCUT2D eigenvalue weighted by Crippen LogP contribution is -2.34. The molecule has 0 saturated carbocycles.